The molecule has 1 aliphatic heterocycles. The van der Waals surface area contributed by atoms with Gasteiger partial charge in [-0.15, -0.1) is 0 Å². The molecule has 5 N–H and O–H groups in total. The van der Waals surface area contributed by atoms with Crippen LogP contribution in [-0.4, -0.2) is 54.8 Å². The maximum Gasteiger partial charge on any atom is 0.117 e. The van der Waals surface area contributed by atoms with E-state index in [4.69, 9.17) is 5.73 Å². The summed E-state index contributed by atoms with van der Waals surface area (Å²) >= 11 is 0. The van der Waals surface area contributed by atoms with Gasteiger partial charge in [0.25, 0.3) is 0 Å². The number of halogens is 1. The molecule has 1 aliphatic rings. The van der Waals surface area contributed by atoms with Crippen molar-refractivity contribution in [3.05, 3.63) is 53.7 Å². The van der Waals surface area contributed by atoms with Crippen LogP contribution in [0.2, 0.25) is 0 Å². The third-order valence-corrected chi connectivity index (χ3v) is 6.51. The summed E-state index contributed by atoms with van der Waals surface area (Å²) in [7, 11) is 0. The summed E-state index contributed by atoms with van der Waals surface area (Å²) in [5.74, 6) is 0. The molecule has 2 aromatic carbocycles. The highest BCUT2D eigenvalue weighted by molar-refractivity contribution is 5.97. The molecule has 0 atom stereocenters. The van der Waals surface area contributed by atoms with Crippen LogP contribution in [0.1, 0.15) is 24.1 Å². The lowest BCUT2D eigenvalue weighted by Crippen LogP contribution is -2.33. The van der Waals surface area contributed by atoms with E-state index in [0.717, 1.165) is 69.8 Å². The van der Waals surface area contributed by atoms with Crippen molar-refractivity contribution in [1.29, 1.82) is 0 Å². The van der Waals surface area contributed by atoms with Gasteiger partial charge in [0.2, 0.25) is 0 Å². The largest absolute Gasteiger partial charge is 0.353 e. The van der Waals surface area contributed by atoms with Crippen molar-refractivity contribution >= 4 is 21.8 Å². The summed E-state index contributed by atoms with van der Waals surface area (Å²) in [5, 5.41) is 20.9. The van der Waals surface area contributed by atoms with Gasteiger partial charge in [-0.2, -0.15) is 20.5 Å². The van der Waals surface area contributed by atoms with E-state index >= 15 is 0 Å². The third kappa shape index (κ3) is 3.69. The van der Waals surface area contributed by atoms with Crippen molar-refractivity contribution in [2.45, 2.75) is 32.1 Å². The van der Waals surface area contributed by atoms with Gasteiger partial charge in [-0.3, -0.25) is 10.00 Å². The summed E-state index contributed by atoms with van der Waals surface area (Å²) in [4.78, 5) is 5.83. The normalized spacial score (nSPS) is 15.7. The van der Waals surface area contributed by atoms with Crippen LogP contribution in [0.15, 0.2) is 42.5 Å². The molecule has 5 aromatic rings. The summed E-state index contributed by atoms with van der Waals surface area (Å²) in [6.45, 7) is 2.81. The number of H-pyrrole nitrogens is 3. The van der Waals surface area contributed by atoms with Crippen molar-refractivity contribution in [2.24, 2.45) is 5.73 Å². The van der Waals surface area contributed by atoms with Gasteiger partial charge in [-0.05, 0) is 48.7 Å². The van der Waals surface area contributed by atoms with Gasteiger partial charge in [0.05, 0.1) is 11.2 Å². The van der Waals surface area contributed by atoms with E-state index in [2.05, 4.69) is 59.8 Å². The Morgan fingerprint density at radius 3 is 2.70 bits per heavy atom. The number of aromatic amines is 3. The second-order valence-corrected chi connectivity index (χ2v) is 8.71. The van der Waals surface area contributed by atoms with Gasteiger partial charge in [-0.1, -0.05) is 12.1 Å². The number of nitrogens with two attached hydrogens (primary N) is 1. The number of benzene rings is 2. The zero-order valence-corrected chi connectivity index (χ0v) is 18.1. The predicted octanol–water partition coefficient (Wildman–Crippen LogP) is 3.89. The molecule has 1 fully saturated rings. The molecular formula is C24H25FN8. The monoisotopic (exact) mass is 444 g/mol. The first-order chi connectivity index (χ1) is 16.2. The quantitative estimate of drug-likeness (QED) is 0.328. The highest BCUT2D eigenvalue weighted by atomic mass is 19.1. The fourth-order valence-electron chi connectivity index (χ4n) is 4.72. The Kier molecular flexibility index (Phi) is 4.92. The lowest BCUT2D eigenvalue weighted by molar-refractivity contribution is 0.145. The molecule has 3 aromatic heterocycles. The number of nitrogens with one attached hydrogen (secondary N) is 3. The molecule has 4 heterocycles. The molecule has 33 heavy (non-hydrogen) atoms. The van der Waals surface area contributed by atoms with Gasteiger partial charge in [0.1, 0.15) is 23.3 Å². The van der Waals surface area contributed by atoms with E-state index in [1.807, 2.05) is 18.2 Å². The molecule has 6 rings (SSSR count). The predicted molar refractivity (Wildman–Crippen MR) is 126 cm³/mol. The lowest BCUT2D eigenvalue weighted by Gasteiger charge is -2.28. The molecule has 0 saturated carbocycles. The molecule has 168 valence electrons. The average Bonchev–Trinajstić information content (AvgIpc) is 3.57. The number of piperidine rings is 1. The fraction of sp³-hybridized carbons (Fsp3) is 0.292. The fourth-order valence-corrected chi connectivity index (χ4v) is 4.72. The molecular weight excluding hydrogens is 419 g/mol. The number of hydrogen-bond donors (Lipinski definition) is 4. The van der Waals surface area contributed by atoms with Crippen molar-refractivity contribution in [2.75, 3.05) is 13.1 Å². The van der Waals surface area contributed by atoms with Gasteiger partial charge in [-0.25, -0.2) is 4.39 Å². The van der Waals surface area contributed by atoms with E-state index in [1.165, 1.54) is 5.56 Å². The minimum absolute atomic E-state index is 0.323. The van der Waals surface area contributed by atoms with Crippen molar-refractivity contribution in [1.82, 2.24) is 35.5 Å². The minimum atomic E-state index is -0.644. The Bertz CT molecular complexity index is 1420. The first-order valence-corrected chi connectivity index (χ1v) is 11.2. The van der Waals surface area contributed by atoms with Crippen molar-refractivity contribution < 1.29 is 4.39 Å². The molecule has 8 nitrogen and oxygen atoms in total. The van der Waals surface area contributed by atoms with E-state index < -0.39 is 6.17 Å². The summed E-state index contributed by atoms with van der Waals surface area (Å²) in [5.41, 5.74) is 13.3. The number of likely N-dealkylation sites (tertiary alicyclic amines) is 1. The first-order valence-electron chi connectivity index (χ1n) is 11.2. The summed E-state index contributed by atoms with van der Waals surface area (Å²) in [6, 6.07) is 14.7. The summed E-state index contributed by atoms with van der Waals surface area (Å²) in [6.07, 6.45) is 0.623. The summed E-state index contributed by atoms with van der Waals surface area (Å²) < 4.78 is 13.4. The number of alkyl halides is 1. The zero-order chi connectivity index (χ0) is 22.4. The number of nitrogens with zero attached hydrogens (tertiary/aromatic N) is 4. The van der Waals surface area contributed by atoms with Gasteiger partial charge >= 0.3 is 0 Å². The Balaban J connectivity index is 1.29. The standard InChI is InChI=1S/C24H25FN8/c25-17-5-7-33(8-6-17)13-14-1-4-19-16(9-14)11-21(27-19)24-18-3-2-15(10-20(18)28-30-24)23-22(12-26)29-32-31-23/h1-4,9-11,17,27H,5-8,12-13,26H2,(H,28,30)(H,29,31,32). The number of aromatic nitrogens is 6. The van der Waals surface area contributed by atoms with Gasteiger partial charge < -0.3 is 10.7 Å². The molecule has 0 radical (unpaired) electrons. The Morgan fingerprint density at radius 1 is 0.970 bits per heavy atom. The molecule has 9 heteroatoms. The highest BCUT2D eigenvalue weighted by Crippen LogP contribution is 2.32. The maximum atomic E-state index is 13.4. The average molecular weight is 445 g/mol. The van der Waals surface area contributed by atoms with E-state index in [9.17, 15) is 4.39 Å². The Morgan fingerprint density at radius 2 is 1.85 bits per heavy atom. The SMILES string of the molecule is NCc1n[nH]nc1-c1ccc2c(-c3cc4cc(CN5CCC(F)CC5)ccc4[nH]3)n[nH]c2c1. The van der Waals surface area contributed by atoms with Crippen LogP contribution in [0, 0.1) is 0 Å². The minimum Gasteiger partial charge on any atom is -0.353 e. The van der Waals surface area contributed by atoms with E-state index in [-0.39, 0.29) is 0 Å². The van der Waals surface area contributed by atoms with Crippen LogP contribution in [0.25, 0.3) is 44.5 Å². The molecule has 0 unspecified atom stereocenters. The number of rotatable bonds is 5. The number of fused-ring (bicyclic) bond motifs is 2. The lowest BCUT2D eigenvalue weighted by atomic mass is 10.1. The van der Waals surface area contributed by atoms with E-state index in [0.29, 0.717) is 19.4 Å². The Hall–Kier alpha value is -3.56. The third-order valence-electron chi connectivity index (χ3n) is 6.51. The zero-order valence-electron chi connectivity index (χ0n) is 18.1. The van der Waals surface area contributed by atoms with Crippen LogP contribution in [-0.2, 0) is 13.1 Å². The van der Waals surface area contributed by atoms with Crippen molar-refractivity contribution in [3.63, 3.8) is 0 Å². The second-order valence-electron chi connectivity index (χ2n) is 8.71. The molecule has 1 saturated heterocycles. The first kappa shape index (κ1) is 20.1. The van der Waals surface area contributed by atoms with Crippen LogP contribution in [0.4, 0.5) is 4.39 Å². The Labute approximate surface area is 189 Å². The molecule has 0 amide bonds. The van der Waals surface area contributed by atoms with Crippen LogP contribution >= 0.6 is 0 Å². The van der Waals surface area contributed by atoms with Crippen LogP contribution in [0.3, 0.4) is 0 Å². The molecule has 0 bridgehead atoms. The van der Waals surface area contributed by atoms with E-state index in [1.54, 1.807) is 0 Å². The van der Waals surface area contributed by atoms with Gasteiger partial charge in [0, 0.05) is 48.0 Å². The van der Waals surface area contributed by atoms with Crippen LogP contribution < -0.4 is 5.73 Å². The van der Waals surface area contributed by atoms with Crippen molar-refractivity contribution in [3.8, 4) is 22.6 Å². The molecule has 0 spiro atoms. The number of hydrogen-bond acceptors (Lipinski definition) is 5. The topological polar surface area (TPSA) is 115 Å². The van der Waals surface area contributed by atoms with Gasteiger partial charge in [0.15, 0.2) is 0 Å². The smallest absolute Gasteiger partial charge is 0.117 e. The van der Waals surface area contributed by atoms with Crippen LogP contribution in [0.5, 0.6) is 0 Å². The highest BCUT2D eigenvalue weighted by Gasteiger charge is 2.19. The molecule has 0 aliphatic carbocycles. The maximum absolute atomic E-state index is 13.4. The second kappa shape index (κ2) is 8.09.